The van der Waals surface area contributed by atoms with E-state index < -0.39 is 18.2 Å². The maximum Gasteiger partial charge on any atom is 0.387 e. The molecule has 0 aromatic heterocycles. The van der Waals surface area contributed by atoms with Crippen molar-refractivity contribution < 1.29 is 18.3 Å². The summed E-state index contributed by atoms with van der Waals surface area (Å²) >= 11 is 12.1. The van der Waals surface area contributed by atoms with Gasteiger partial charge in [-0.1, -0.05) is 35.3 Å². The number of hydrogen-bond acceptors (Lipinski definition) is 2. The molecule has 1 saturated heterocycles. The maximum atomic E-state index is 13.8. The van der Waals surface area contributed by atoms with Crippen LogP contribution in [0.2, 0.25) is 10.0 Å². The molecule has 0 aliphatic carbocycles. The van der Waals surface area contributed by atoms with Gasteiger partial charge in [-0.15, -0.1) is 0 Å². The average Bonchev–Trinajstić information content (AvgIpc) is 2.94. The summed E-state index contributed by atoms with van der Waals surface area (Å²) in [5, 5.41) is 1.10. The number of ether oxygens (including phenoxy) is 1. The molecule has 0 radical (unpaired) electrons. The number of hydrogen-bond donors (Lipinski definition) is 0. The van der Waals surface area contributed by atoms with Gasteiger partial charge < -0.3 is 4.74 Å². The van der Waals surface area contributed by atoms with Crippen LogP contribution in [0.1, 0.15) is 25.5 Å². The van der Waals surface area contributed by atoms with Crippen molar-refractivity contribution in [2.75, 3.05) is 9.80 Å². The average molecular weight is 477 g/mol. The van der Waals surface area contributed by atoms with E-state index in [-0.39, 0.29) is 11.8 Å². The summed E-state index contributed by atoms with van der Waals surface area (Å²) in [6.07, 6.45) is 0. The molecule has 3 aromatic rings. The Bertz CT molecular complexity index is 1120. The molecule has 8 heteroatoms. The monoisotopic (exact) mass is 476 g/mol. The molecule has 32 heavy (non-hydrogen) atoms. The number of halogens is 4. The molecule has 166 valence electrons. The quantitative estimate of drug-likeness (QED) is 0.380. The van der Waals surface area contributed by atoms with Crippen molar-refractivity contribution in [1.82, 2.24) is 0 Å². The van der Waals surface area contributed by atoms with Crippen LogP contribution in [0.4, 0.5) is 25.0 Å². The van der Waals surface area contributed by atoms with Crippen molar-refractivity contribution >= 4 is 40.6 Å². The number of nitrogens with zero attached hydrogens (tertiary/aromatic N) is 2. The molecule has 1 heterocycles. The number of amides is 2. The number of carbonyl (C=O) groups excluding carboxylic acids is 1. The molecule has 4 nitrogen and oxygen atoms in total. The van der Waals surface area contributed by atoms with Gasteiger partial charge in [-0.05, 0) is 80.1 Å². The third-order valence-electron chi connectivity index (χ3n) is 5.49. The van der Waals surface area contributed by atoms with E-state index in [0.717, 1.165) is 0 Å². The molecule has 1 fully saturated rings. The van der Waals surface area contributed by atoms with E-state index in [1.54, 1.807) is 76.5 Å². The molecule has 4 rings (SSSR count). The van der Waals surface area contributed by atoms with E-state index >= 15 is 0 Å². The van der Waals surface area contributed by atoms with Crippen LogP contribution in [0, 0.1) is 0 Å². The van der Waals surface area contributed by atoms with E-state index in [2.05, 4.69) is 4.74 Å². The molecule has 0 unspecified atom stereocenters. The highest BCUT2D eigenvalue weighted by Gasteiger charge is 2.53. The highest BCUT2D eigenvalue weighted by molar-refractivity contribution is 6.31. The van der Waals surface area contributed by atoms with Gasteiger partial charge in [0.15, 0.2) is 0 Å². The van der Waals surface area contributed by atoms with Crippen LogP contribution in [0.5, 0.6) is 5.75 Å². The molecular weight excluding hydrogens is 457 g/mol. The summed E-state index contributed by atoms with van der Waals surface area (Å²) in [6, 6.07) is 19.6. The molecule has 1 aliphatic heterocycles. The van der Waals surface area contributed by atoms with E-state index in [0.29, 0.717) is 27.0 Å². The fourth-order valence-corrected chi connectivity index (χ4v) is 4.47. The van der Waals surface area contributed by atoms with Crippen LogP contribution in [0.15, 0.2) is 72.8 Å². The Kier molecular flexibility index (Phi) is 6.01. The minimum absolute atomic E-state index is 0.0294. The Balaban J connectivity index is 1.86. The zero-order valence-electron chi connectivity index (χ0n) is 17.3. The maximum absolute atomic E-state index is 13.8. The predicted molar refractivity (Wildman–Crippen MR) is 123 cm³/mol. The Hall–Kier alpha value is -2.83. The first-order chi connectivity index (χ1) is 15.2. The topological polar surface area (TPSA) is 32.8 Å². The van der Waals surface area contributed by atoms with Gasteiger partial charge in [-0.25, -0.2) is 4.79 Å². The van der Waals surface area contributed by atoms with E-state index in [1.165, 1.54) is 6.07 Å². The van der Waals surface area contributed by atoms with Crippen LogP contribution in [0.3, 0.4) is 0 Å². The second-order valence-electron chi connectivity index (χ2n) is 7.95. The van der Waals surface area contributed by atoms with E-state index in [9.17, 15) is 13.6 Å². The third kappa shape index (κ3) is 4.12. The second kappa shape index (κ2) is 8.60. The first-order valence-electron chi connectivity index (χ1n) is 9.88. The van der Waals surface area contributed by atoms with Crippen LogP contribution >= 0.6 is 23.2 Å². The largest absolute Gasteiger partial charge is 0.435 e. The van der Waals surface area contributed by atoms with Crippen molar-refractivity contribution in [3.63, 3.8) is 0 Å². The molecule has 0 saturated carbocycles. The SMILES string of the molecule is CC1(C)[C@H](c2cccc(OC(F)F)c2)N(c2ccc(Cl)cc2)C(=O)N1c1ccc(Cl)cc1. The van der Waals surface area contributed by atoms with Crippen molar-refractivity contribution in [2.24, 2.45) is 0 Å². The Morgan fingerprint density at radius 1 is 0.906 bits per heavy atom. The summed E-state index contributed by atoms with van der Waals surface area (Å²) in [5.41, 5.74) is 1.21. The number of anilines is 2. The zero-order chi connectivity index (χ0) is 23.0. The van der Waals surface area contributed by atoms with Crippen LogP contribution in [-0.4, -0.2) is 18.2 Å². The summed E-state index contributed by atoms with van der Waals surface area (Å²) in [6.45, 7) is 0.919. The fraction of sp³-hybridized carbons (Fsp3) is 0.208. The summed E-state index contributed by atoms with van der Waals surface area (Å²) < 4.78 is 30.2. The standard InChI is InChI=1S/C24H20Cl2F2N2O2/c1-24(2)21(15-4-3-5-20(14-15)32-22(27)28)29(18-10-6-16(25)7-11-18)23(31)30(24)19-12-8-17(26)9-13-19/h3-14,21-22H,1-2H3/t21-/m0/s1. The lowest BCUT2D eigenvalue weighted by Gasteiger charge is -2.35. The molecule has 0 spiro atoms. The molecule has 0 bridgehead atoms. The van der Waals surface area contributed by atoms with Crippen molar-refractivity contribution in [3.8, 4) is 5.75 Å². The summed E-state index contributed by atoms with van der Waals surface area (Å²) in [5.74, 6) is 0.0294. The number of alkyl halides is 2. The minimum atomic E-state index is -2.94. The summed E-state index contributed by atoms with van der Waals surface area (Å²) in [4.78, 5) is 17.1. The molecular formula is C24H20Cl2F2N2O2. The highest BCUT2D eigenvalue weighted by Crippen LogP contribution is 2.48. The number of rotatable bonds is 5. The molecule has 0 N–H and O–H groups in total. The lowest BCUT2D eigenvalue weighted by atomic mass is 9.87. The van der Waals surface area contributed by atoms with Gasteiger partial charge in [0.05, 0.1) is 11.6 Å². The van der Waals surface area contributed by atoms with Crippen LogP contribution < -0.4 is 14.5 Å². The molecule has 1 aliphatic rings. The minimum Gasteiger partial charge on any atom is -0.435 e. The van der Waals surface area contributed by atoms with E-state index in [1.807, 2.05) is 13.8 Å². The lowest BCUT2D eigenvalue weighted by molar-refractivity contribution is -0.0499. The van der Waals surface area contributed by atoms with Gasteiger partial charge in [0.25, 0.3) is 0 Å². The zero-order valence-corrected chi connectivity index (χ0v) is 18.8. The first kappa shape index (κ1) is 22.4. The predicted octanol–water partition coefficient (Wildman–Crippen LogP) is 7.56. The number of urea groups is 1. The third-order valence-corrected chi connectivity index (χ3v) is 5.99. The molecule has 1 atom stereocenters. The van der Waals surface area contributed by atoms with E-state index in [4.69, 9.17) is 23.2 Å². The molecule has 3 aromatic carbocycles. The second-order valence-corrected chi connectivity index (χ2v) is 8.82. The number of carbonyl (C=O) groups is 1. The Morgan fingerprint density at radius 3 is 2.03 bits per heavy atom. The van der Waals surface area contributed by atoms with Crippen LogP contribution in [0.25, 0.3) is 0 Å². The van der Waals surface area contributed by atoms with Gasteiger partial charge in [-0.3, -0.25) is 9.80 Å². The van der Waals surface area contributed by atoms with Crippen molar-refractivity contribution in [3.05, 3.63) is 88.4 Å². The summed E-state index contributed by atoms with van der Waals surface area (Å²) in [7, 11) is 0. The highest BCUT2D eigenvalue weighted by atomic mass is 35.5. The van der Waals surface area contributed by atoms with Crippen LogP contribution in [-0.2, 0) is 0 Å². The van der Waals surface area contributed by atoms with Crippen molar-refractivity contribution in [1.29, 1.82) is 0 Å². The smallest absolute Gasteiger partial charge is 0.387 e. The fourth-order valence-electron chi connectivity index (χ4n) is 4.22. The number of benzene rings is 3. The van der Waals surface area contributed by atoms with Gasteiger partial charge in [0, 0.05) is 21.4 Å². The van der Waals surface area contributed by atoms with Gasteiger partial charge in [0.1, 0.15) is 5.75 Å². The molecule has 2 amide bonds. The van der Waals surface area contributed by atoms with Gasteiger partial charge in [0.2, 0.25) is 0 Å². The van der Waals surface area contributed by atoms with Gasteiger partial charge >= 0.3 is 12.6 Å². The Labute approximate surface area is 194 Å². The van der Waals surface area contributed by atoms with Crippen molar-refractivity contribution in [2.45, 2.75) is 32.0 Å². The van der Waals surface area contributed by atoms with Gasteiger partial charge in [-0.2, -0.15) is 8.78 Å². The first-order valence-corrected chi connectivity index (χ1v) is 10.6. The lowest BCUT2D eigenvalue weighted by Crippen LogP contribution is -2.43. The Morgan fingerprint density at radius 2 is 1.47 bits per heavy atom. The normalized spacial score (nSPS) is 17.8.